The van der Waals surface area contributed by atoms with Gasteiger partial charge in [-0.05, 0) is 35.9 Å². The van der Waals surface area contributed by atoms with E-state index in [1.54, 1.807) is 24.3 Å². The monoisotopic (exact) mass is 304 g/mol. The number of allylic oxidation sites excluding steroid dienone is 1. The first kappa shape index (κ1) is 14.9. The highest BCUT2D eigenvalue weighted by molar-refractivity contribution is 6.32. The molecule has 0 amide bonds. The molecule has 5 heteroatoms. The number of phenolic OH excluding ortho intramolecular Hbond substituents is 2. The zero-order valence-electron chi connectivity index (χ0n) is 11.2. The summed E-state index contributed by atoms with van der Waals surface area (Å²) in [5.74, 6) is -0.139. The first-order chi connectivity index (χ1) is 10.0. The summed E-state index contributed by atoms with van der Waals surface area (Å²) in [6.45, 7) is 0. The zero-order chi connectivity index (χ0) is 15.4. The van der Waals surface area contributed by atoms with Gasteiger partial charge in [0.15, 0.2) is 17.3 Å². The average Bonchev–Trinajstić information content (AvgIpc) is 2.48. The van der Waals surface area contributed by atoms with Crippen LogP contribution in [-0.2, 0) is 0 Å². The van der Waals surface area contributed by atoms with Crippen LogP contribution in [0.5, 0.6) is 17.2 Å². The van der Waals surface area contributed by atoms with Gasteiger partial charge in [-0.15, -0.1) is 0 Å². The van der Waals surface area contributed by atoms with Gasteiger partial charge in [0, 0.05) is 5.56 Å². The van der Waals surface area contributed by atoms with Gasteiger partial charge in [0.05, 0.1) is 12.1 Å². The van der Waals surface area contributed by atoms with E-state index in [1.165, 1.54) is 31.4 Å². The first-order valence-corrected chi connectivity index (χ1v) is 6.47. The fourth-order valence-electron chi connectivity index (χ4n) is 1.77. The molecule has 0 radical (unpaired) electrons. The molecule has 0 aliphatic heterocycles. The quantitative estimate of drug-likeness (QED) is 0.668. The van der Waals surface area contributed by atoms with E-state index < -0.39 is 0 Å². The number of ketones is 1. The lowest BCUT2D eigenvalue weighted by molar-refractivity contribution is 0.104. The minimum atomic E-state index is -0.255. The number of hydrogen-bond donors (Lipinski definition) is 2. The van der Waals surface area contributed by atoms with Crippen LogP contribution in [0.15, 0.2) is 42.5 Å². The number of hydrogen-bond acceptors (Lipinski definition) is 4. The van der Waals surface area contributed by atoms with Crippen molar-refractivity contribution in [3.63, 3.8) is 0 Å². The van der Waals surface area contributed by atoms with Crippen LogP contribution < -0.4 is 4.74 Å². The molecule has 21 heavy (non-hydrogen) atoms. The summed E-state index contributed by atoms with van der Waals surface area (Å²) in [7, 11) is 1.41. The van der Waals surface area contributed by atoms with Crippen molar-refractivity contribution in [1.82, 2.24) is 0 Å². The standard InChI is InChI=1S/C16H13ClO4/c1-21-15-8-10(7-13(17)16(15)20)5-6-14(19)11-3-2-4-12(18)9-11/h2-9,18,20H,1H3. The number of carbonyl (C=O) groups excluding carboxylic acids is 1. The van der Waals surface area contributed by atoms with Gasteiger partial charge in [-0.2, -0.15) is 0 Å². The highest BCUT2D eigenvalue weighted by Gasteiger charge is 2.08. The van der Waals surface area contributed by atoms with Crippen LogP contribution in [0.25, 0.3) is 6.08 Å². The van der Waals surface area contributed by atoms with Crippen molar-refractivity contribution in [2.45, 2.75) is 0 Å². The summed E-state index contributed by atoms with van der Waals surface area (Å²) in [5, 5.41) is 19.1. The molecule has 2 aromatic carbocycles. The molecule has 0 unspecified atom stereocenters. The molecule has 0 fully saturated rings. The highest BCUT2D eigenvalue weighted by atomic mass is 35.5. The van der Waals surface area contributed by atoms with Crippen molar-refractivity contribution in [3.05, 3.63) is 58.6 Å². The van der Waals surface area contributed by atoms with Gasteiger partial charge >= 0.3 is 0 Å². The molecular weight excluding hydrogens is 292 g/mol. The number of ether oxygens (including phenoxy) is 1. The minimum Gasteiger partial charge on any atom is -0.508 e. The first-order valence-electron chi connectivity index (χ1n) is 6.09. The molecule has 0 aliphatic rings. The highest BCUT2D eigenvalue weighted by Crippen LogP contribution is 2.35. The molecule has 0 aliphatic carbocycles. The lowest BCUT2D eigenvalue weighted by Crippen LogP contribution is -1.93. The van der Waals surface area contributed by atoms with Crippen molar-refractivity contribution < 1.29 is 19.7 Å². The van der Waals surface area contributed by atoms with Crippen molar-refractivity contribution in [2.75, 3.05) is 7.11 Å². The van der Waals surface area contributed by atoms with Gasteiger partial charge in [0.1, 0.15) is 5.75 Å². The Balaban J connectivity index is 2.25. The molecule has 0 atom stereocenters. The average molecular weight is 305 g/mol. The molecule has 2 rings (SSSR count). The Morgan fingerprint density at radius 3 is 2.67 bits per heavy atom. The summed E-state index contributed by atoms with van der Waals surface area (Å²) >= 11 is 5.87. The number of halogens is 1. The fourth-order valence-corrected chi connectivity index (χ4v) is 1.99. The third-order valence-corrected chi connectivity index (χ3v) is 3.12. The molecule has 108 valence electrons. The Morgan fingerprint density at radius 1 is 1.24 bits per heavy atom. The second-order valence-electron chi connectivity index (χ2n) is 4.30. The van der Waals surface area contributed by atoms with E-state index in [-0.39, 0.29) is 28.1 Å². The molecule has 0 heterocycles. The Morgan fingerprint density at radius 2 is 2.00 bits per heavy atom. The van der Waals surface area contributed by atoms with Gasteiger partial charge in [0.25, 0.3) is 0 Å². The van der Waals surface area contributed by atoms with Crippen LogP contribution in [-0.4, -0.2) is 23.1 Å². The Bertz CT molecular complexity index is 707. The number of carbonyl (C=O) groups is 1. The lowest BCUT2D eigenvalue weighted by atomic mass is 10.1. The normalized spacial score (nSPS) is 10.8. The van der Waals surface area contributed by atoms with E-state index in [1.807, 2.05) is 0 Å². The van der Waals surface area contributed by atoms with E-state index in [2.05, 4.69) is 0 Å². The maximum atomic E-state index is 12.0. The summed E-state index contributed by atoms with van der Waals surface area (Å²) in [6.07, 6.45) is 2.91. The van der Waals surface area contributed by atoms with Gasteiger partial charge < -0.3 is 14.9 Å². The molecule has 2 N–H and O–H groups in total. The van der Waals surface area contributed by atoms with E-state index in [9.17, 15) is 15.0 Å². The third-order valence-electron chi connectivity index (χ3n) is 2.83. The predicted molar refractivity (Wildman–Crippen MR) is 81.1 cm³/mol. The van der Waals surface area contributed by atoms with Crippen molar-refractivity contribution in [1.29, 1.82) is 0 Å². The van der Waals surface area contributed by atoms with Crippen molar-refractivity contribution >= 4 is 23.5 Å². The van der Waals surface area contributed by atoms with Crippen LogP contribution in [0.4, 0.5) is 0 Å². The van der Waals surface area contributed by atoms with E-state index in [0.717, 1.165) is 0 Å². The van der Waals surface area contributed by atoms with E-state index in [4.69, 9.17) is 16.3 Å². The maximum Gasteiger partial charge on any atom is 0.185 e. The van der Waals surface area contributed by atoms with Crippen molar-refractivity contribution in [3.8, 4) is 17.2 Å². The number of rotatable bonds is 4. The second kappa shape index (κ2) is 6.33. The SMILES string of the molecule is COc1cc(C=CC(=O)c2cccc(O)c2)cc(Cl)c1O. The van der Waals surface area contributed by atoms with Gasteiger partial charge in [-0.1, -0.05) is 29.8 Å². The Hall–Kier alpha value is -2.46. The van der Waals surface area contributed by atoms with E-state index in [0.29, 0.717) is 11.1 Å². The largest absolute Gasteiger partial charge is 0.508 e. The van der Waals surface area contributed by atoms with Crippen LogP contribution in [0.1, 0.15) is 15.9 Å². The smallest absolute Gasteiger partial charge is 0.185 e. The summed E-state index contributed by atoms with van der Waals surface area (Å²) in [5.41, 5.74) is 0.992. The maximum absolute atomic E-state index is 12.0. The fraction of sp³-hybridized carbons (Fsp3) is 0.0625. The van der Waals surface area contributed by atoms with Crippen LogP contribution in [0.3, 0.4) is 0 Å². The summed E-state index contributed by atoms with van der Waals surface area (Å²) in [4.78, 5) is 12.0. The third kappa shape index (κ3) is 3.55. The van der Waals surface area contributed by atoms with Gasteiger partial charge in [-0.3, -0.25) is 4.79 Å². The number of methoxy groups -OCH3 is 1. The molecule has 4 nitrogen and oxygen atoms in total. The Labute approximate surface area is 126 Å². The lowest BCUT2D eigenvalue weighted by Gasteiger charge is -2.06. The predicted octanol–water partition coefficient (Wildman–Crippen LogP) is 3.66. The van der Waals surface area contributed by atoms with Crippen molar-refractivity contribution in [2.24, 2.45) is 0 Å². The zero-order valence-corrected chi connectivity index (χ0v) is 12.0. The number of phenols is 2. The summed E-state index contributed by atoms with van der Waals surface area (Å²) in [6, 6.07) is 9.16. The van der Waals surface area contributed by atoms with Gasteiger partial charge in [0.2, 0.25) is 0 Å². The molecule has 0 aromatic heterocycles. The van der Waals surface area contributed by atoms with Crippen LogP contribution >= 0.6 is 11.6 Å². The molecular formula is C16H13ClO4. The Kier molecular flexibility index (Phi) is 4.50. The second-order valence-corrected chi connectivity index (χ2v) is 4.71. The number of benzene rings is 2. The topological polar surface area (TPSA) is 66.8 Å². The van der Waals surface area contributed by atoms with E-state index >= 15 is 0 Å². The molecule has 2 aromatic rings. The minimum absolute atomic E-state index is 0.0311. The summed E-state index contributed by atoms with van der Waals surface area (Å²) < 4.78 is 4.99. The molecule has 0 saturated carbocycles. The van der Waals surface area contributed by atoms with Gasteiger partial charge in [-0.25, -0.2) is 0 Å². The molecule has 0 bridgehead atoms. The number of aromatic hydroxyl groups is 2. The molecule has 0 saturated heterocycles. The molecule has 0 spiro atoms. The van der Waals surface area contributed by atoms with Crippen LogP contribution in [0.2, 0.25) is 5.02 Å². The van der Waals surface area contributed by atoms with Crippen LogP contribution in [0, 0.1) is 0 Å².